The quantitative estimate of drug-likeness (QED) is 0.788. The fourth-order valence-corrected chi connectivity index (χ4v) is 2.15. The van der Waals surface area contributed by atoms with Gasteiger partial charge in [-0.1, -0.05) is 0 Å². The molecule has 5 heteroatoms. The van der Waals surface area contributed by atoms with Gasteiger partial charge in [-0.3, -0.25) is 4.79 Å². The Labute approximate surface area is 100 Å². The molecule has 0 bridgehead atoms. The highest BCUT2D eigenvalue weighted by Crippen LogP contribution is 2.18. The molecule has 4 nitrogen and oxygen atoms in total. The van der Waals surface area contributed by atoms with Crippen LogP contribution in [0.15, 0.2) is 18.6 Å². The summed E-state index contributed by atoms with van der Waals surface area (Å²) in [6.45, 7) is 1.59. The van der Waals surface area contributed by atoms with Gasteiger partial charge in [0.1, 0.15) is 6.33 Å². The predicted octanol–water partition coefficient (Wildman–Crippen LogP) is 0.797. The summed E-state index contributed by atoms with van der Waals surface area (Å²) < 4.78 is 0. The molecule has 1 atom stereocenters. The lowest BCUT2D eigenvalue weighted by Gasteiger charge is -2.15. The second-order valence-corrected chi connectivity index (χ2v) is 4.41. The maximum atomic E-state index is 11.6. The first-order valence-corrected chi connectivity index (χ1v) is 6.06. The smallest absolute Gasteiger partial charge is 0.222 e. The molecule has 0 aliphatic carbocycles. The molecule has 1 aliphatic rings. The van der Waals surface area contributed by atoms with Gasteiger partial charge in [0.2, 0.25) is 5.91 Å². The molecule has 0 spiro atoms. The molecular formula is C11H15N3OS. The summed E-state index contributed by atoms with van der Waals surface area (Å²) in [4.78, 5) is 21.5. The molecule has 1 amide bonds. The second-order valence-electron chi connectivity index (χ2n) is 4.04. The fraction of sp³-hybridized carbons (Fsp3) is 0.545. The van der Waals surface area contributed by atoms with Crippen LogP contribution in [-0.4, -0.2) is 39.6 Å². The van der Waals surface area contributed by atoms with Crippen molar-refractivity contribution in [1.29, 1.82) is 0 Å². The number of aromatic nitrogens is 2. The van der Waals surface area contributed by atoms with E-state index in [1.165, 1.54) is 6.33 Å². The van der Waals surface area contributed by atoms with E-state index in [-0.39, 0.29) is 5.91 Å². The summed E-state index contributed by atoms with van der Waals surface area (Å²) in [5.74, 6) is 1.45. The first kappa shape index (κ1) is 11.4. The molecule has 1 fully saturated rings. The Hall–Kier alpha value is -1.10. The van der Waals surface area contributed by atoms with Crippen LogP contribution in [0.1, 0.15) is 12.1 Å². The normalized spacial score (nSPS) is 20.4. The number of thiol groups is 1. The molecule has 0 aromatic carbocycles. The molecular weight excluding hydrogens is 222 g/mol. The van der Waals surface area contributed by atoms with Crippen molar-refractivity contribution in [2.24, 2.45) is 5.92 Å². The minimum absolute atomic E-state index is 0.244. The zero-order chi connectivity index (χ0) is 11.4. The number of carbonyl (C=O) groups excluding carboxylic acids is 1. The molecule has 0 saturated carbocycles. The Morgan fingerprint density at radius 3 is 3.06 bits per heavy atom. The molecule has 1 saturated heterocycles. The minimum Gasteiger partial charge on any atom is -0.342 e. The van der Waals surface area contributed by atoms with Gasteiger partial charge in [0.05, 0.1) is 0 Å². The SMILES string of the molecule is O=C1CC(CS)CN1CCc1ccncn1. The average Bonchev–Trinajstić information content (AvgIpc) is 2.69. The molecule has 1 unspecified atom stereocenters. The van der Waals surface area contributed by atoms with Gasteiger partial charge < -0.3 is 4.90 Å². The van der Waals surface area contributed by atoms with Crippen LogP contribution in [0.2, 0.25) is 0 Å². The van der Waals surface area contributed by atoms with E-state index in [9.17, 15) is 4.79 Å². The largest absolute Gasteiger partial charge is 0.342 e. The Balaban J connectivity index is 1.85. The molecule has 1 aromatic rings. The summed E-state index contributed by atoms with van der Waals surface area (Å²) >= 11 is 4.24. The van der Waals surface area contributed by atoms with E-state index in [0.717, 1.165) is 31.0 Å². The molecule has 0 N–H and O–H groups in total. The standard InChI is InChI=1S/C11H15N3OS/c15-11-5-9(7-16)6-14(11)4-2-10-1-3-12-8-13-10/h1,3,8-9,16H,2,4-7H2. The Bertz CT molecular complexity index is 358. The lowest BCUT2D eigenvalue weighted by Crippen LogP contribution is -2.27. The van der Waals surface area contributed by atoms with E-state index in [0.29, 0.717) is 12.3 Å². The molecule has 1 aliphatic heterocycles. The highest BCUT2D eigenvalue weighted by Gasteiger charge is 2.27. The maximum absolute atomic E-state index is 11.6. The summed E-state index contributed by atoms with van der Waals surface area (Å²) in [6, 6.07) is 1.89. The Morgan fingerprint density at radius 2 is 2.44 bits per heavy atom. The third kappa shape index (κ3) is 2.72. The van der Waals surface area contributed by atoms with Gasteiger partial charge >= 0.3 is 0 Å². The van der Waals surface area contributed by atoms with Crippen LogP contribution < -0.4 is 0 Å². The van der Waals surface area contributed by atoms with E-state index < -0.39 is 0 Å². The number of hydrogen-bond donors (Lipinski definition) is 1. The number of hydrogen-bond acceptors (Lipinski definition) is 4. The molecule has 16 heavy (non-hydrogen) atoms. The van der Waals surface area contributed by atoms with Crippen molar-refractivity contribution in [2.45, 2.75) is 12.8 Å². The van der Waals surface area contributed by atoms with Crippen LogP contribution in [0.5, 0.6) is 0 Å². The molecule has 2 heterocycles. The summed E-state index contributed by atoms with van der Waals surface area (Å²) in [5, 5.41) is 0. The van der Waals surface area contributed by atoms with Crippen molar-refractivity contribution < 1.29 is 4.79 Å². The summed E-state index contributed by atoms with van der Waals surface area (Å²) in [5.41, 5.74) is 0.983. The van der Waals surface area contributed by atoms with Crippen LogP contribution in [-0.2, 0) is 11.2 Å². The van der Waals surface area contributed by atoms with Gasteiger partial charge in [-0.25, -0.2) is 9.97 Å². The van der Waals surface area contributed by atoms with Gasteiger partial charge in [0, 0.05) is 37.8 Å². The van der Waals surface area contributed by atoms with E-state index in [1.54, 1.807) is 6.20 Å². The topological polar surface area (TPSA) is 46.1 Å². The summed E-state index contributed by atoms with van der Waals surface area (Å²) in [6.07, 6.45) is 4.71. The van der Waals surface area contributed by atoms with Crippen molar-refractivity contribution in [1.82, 2.24) is 14.9 Å². The van der Waals surface area contributed by atoms with E-state index >= 15 is 0 Å². The lowest BCUT2D eigenvalue weighted by molar-refractivity contribution is -0.127. The number of likely N-dealkylation sites (tertiary alicyclic amines) is 1. The van der Waals surface area contributed by atoms with E-state index in [2.05, 4.69) is 22.6 Å². The molecule has 2 rings (SSSR count). The predicted molar refractivity (Wildman–Crippen MR) is 64.3 cm³/mol. The molecule has 1 aromatic heterocycles. The van der Waals surface area contributed by atoms with Gasteiger partial charge in [0.25, 0.3) is 0 Å². The lowest BCUT2D eigenvalue weighted by atomic mass is 10.1. The van der Waals surface area contributed by atoms with Gasteiger partial charge in [-0.15, -0.1) is 0 Å². The number of carbonyl (C=O) groups is 1. The van der Waals surface area contributed by atoms with Crippen LogP contribution >= 0.6 is 12.6 Å². The summed E-state index contributed by atoms with van der Waals surface area (Å²) in [7, 11) is 0. The molecule has 86 valence electrons. The highest BCUT2D eigenvalue weighted by molar-refractivity contribution is 7.80. The van der Waals surface area contributed by atoms with E-state index in [1.807, 2.05) is 11.0 Å². The number of nitrogens with zero attached hydrogens (tertiary/aromatic N) is 3. The number of amides is 1. The Kier molecular flexibility index (Phi) is 3.77. The first-order chi connectivity index (χ1) is 7.79. The molecule has 0 radical (unpaired) electrons. The van der Waals surface area contributed by atoms with Crippen LogP contribution in [0.3, 0.4) is 0 Å². The van der Waals surface area contributed by atoms with Crippen molar-refractivity contribution in [3.8, 4) is 0 Å². The van der Waals surface area contributed by atoms with Gasteiger partial charge in [-0.2, -0.15) is 12.6 Å². The third-order valence-electron chi connectivity index (χ3n) is 2.83. The van der Waals surface area contributed by atoms with Crippen molar-refractivity contribution in [3.05, 3.63) is 24.3 Å². The van der Waals surface area contributed by atoms with Gasteiger partial charge in [0.15, 0.2) is 0 Å². The van der Waals surface area contributed by atoms with Gasteiger partial charge in [-0.05, 0) is 17.7 Å². The van der Waals surface area contributed by atoms with Crippen LogP contribution in [0.4, 0.5) is 0 Å². The fourth-order valence-electron chi connectivity index (χ4n) is 1.91. The monoisotopic (exact) mass is 237 g/mol. The average molecular weight is 237 g/mol. The third-order valence-corrected chi connectivity index (χ3v) is 3.35. The van der Waals surface area contributed by atoms with E-state index in [4.69, 9.17) is 0 Å². The number of rotatable bonds is 4. The second kappa shape index (κ2) is 5.30. The minimum atomic E-state index is 0.244. The zero-order valence-electron chi connectivity index (χ0n) is 9.04. The van der Waals surface area contributed by atoms with Crippen LogP contribution in [0.25, 0.3) is 0 Å². The first-order valence-electron chi connectivity index (χ1n) is 5.43. The zero-order valence-corrected chi connectivity index (χ0v) is 9.94. The van der Waals surface area contributed by atoms with Crippen molar-refractivity contribution >= 4 is 18.5 Å². The highest BCUT2D eigenvalue weighted by atomic mass is 32.1. The Morgan fingerprint density at radius 1 is 1.56 bits per heavy atom. The van der Waals surface area contributed by atoms with Crippen molar-refractivity contribution in [3.63, 3.8) is 0 Å². The van der Waals surface area contributed by atoms with Crippen molar-refractivity contribution in [2.75, 3.05) is 18.8 Å². The van der Waals surface area contributed by atoms with Crippen LogP contribution in [0, 0.1) is 5.92 Å². The maximum Gasteiger partial charge on any atom is 0.222 e.